The molecule has 3 amide bonds. The Labute approximate surface area is 239 Å². The molecule has 0 spiro atoms. The number of nitriles is 1. The van der Waals surface area contributed by atoms with Gasteiger partial charge in [0, 0.05) is 57.8 Å². The van der Waals surface area contributed by atoms with Crippen LogP contribution in [0.15, 0.2) is 42.5 Å². The lowest BCUT2D eigenvalue weighted by Crippen LogP contribution is -2.53. The molecule has 2 aliphatic rings. The Bertz CT molecular complexity index is 1410. The van der Waals surface area contributed by atoms with Crippen molar-refractivity contribution in [3.8, 4) is 6.07 Å². The summed E-state index contributed by atoms with van der Waals surface area (Å²) in [5, 5.41) is 10.1. The van der Waals surface area contributed by atoms with Crippen LogP contribution in [0.5, 0.6) is 0 Å². The number of amides is 3. The minimum absolute atomic E-state index is 0.193. The van der Waals surface area contributed by atoms with Crippen molar-refractivity contribution in [3.63, 3.8) is 0 Å². The van der Waals surface area contributed by atoms with Crippen molar-refractivity contribution in [2.75, 3.05) is 52.6 Å². The average molecular weight is 593 g/mol. The molecule has 2 unspecified atom stereocenters. The van der Waals surface area contributed by atoms with Gasteiger partial charge in [-0.2, -0.15) is 9.57 Å². The van der Waals surface area contributed by atoms with Crippen molar-refractivity contribution in [1.82, 2.24) is 19.0 Å². The minimum atomic E-state index is -3.32. The van der Waals surface area contributed by atoms with E-state index in [0.29, 0.717) is 41.8 Å². The normalized spacial score (nSPS) is 20.9. The fourth-order valence-corrected chi connectivity index (χ4v) is 6.32. The van der Waals surface area contributed by atoms with Crippen LogP contribution in [0.25, 0.3) is 0 Å². The molecule has 4 rings (SSSR count). The summed E-state index contributed by atoms with van der Waals surface area (Å²) in [7, 11) is -1.60. The zero-order chi connectivity index (χ0) is 28.5. The predicted molar refractivity (Wildman–Crippen MR) is 151 cm³/mol. The molecule has 12 heteroatoms. The fraction of sp³-hybridized carbons (Fsp3) is 0.444. The molecule has 2 heterocycles. The third-order valence-corrected chi connectivity index (χ3v) is 9.60. The maximum absolute atomic E-state index is 13.6. The molecule has 39 heavy (non-hydrogen) atoms. The monoisotopic (exact) mass is 591 g/mol. The molecule has 2 aromatic carbocycles. The SMILES string of the molecule is CC(C#N)c1cccc(C(=O)N(C)[C@@H]2CN(C(=O)N3CCN(S(C)(=O)=O)CC3)CC2c2ccc(Cl)c(Cl)c2)c1. The second-order valence-corrected chi connectivity index (χ2v) is 12.9. The van der Waals surface area contributed by atoms with Crippen molar-refractivity contribution < 1.29 is 18.0 Å². The summed E-state index contributed by atoms with van der Waals surface area (Å²) in [6.45, 7) is 3.52. The molecule has 0 radical (unpaired) electrons. The van der Waals surface area contributed by atoms with Gasteiger partial charge in [0.25, 0.3) is 5.91 Å². The van der Waals surface area contributed by atoms with E-state index in [1.807, 2.05) is 12.1 Å². The lowest BCUT2D eigenvalue weighted by molar-refractivity contribution is 0.0723. The molecule has 3 atom stereocenters. The van der Waals surface area contributed by atoms with Gasteiger partial charge in [0.1, 0.15) is 0 Å². The van der Waals surface area contributed by atoms with Crippen LogP contribution >= 0.6 is 23.2 Å². The number of hydrogen-bond acceptors (Lipinski definition) is 5. The first-order valence-corrected chi connectivity index (χ1v) is 15.2. The Morgan fingerprint density at radius 2 is 1.72 bits per heavy atom. The van der Waals surface area contributed by atoms with Crippen LogP contribution in [0.3, 0.4) is 0 Å². The van der Waals surface area contributed by atoms with E-state index in [2.05, 4.69) is 6.07 Å². The van der Waals surface area contributed by atoms with Gasteiger partial charge >= 0.3 is 6.03 Å². The van der Waals surface area contributed by atoms with E-state index >= 15 is 0 Å². The van der Waals surface area contributed by atoms with Gasteiger partial charge in [-0.3, -0.25) is 4.79 Å². The first kappa shape index (κ1) is 29.2. The lowest BCUT2D eigenvalue weighted by Gasteiger charge is -2.35. The number of hydrogen-bond donors (Lipinski definition) is 0. The first-order chi connectivity index (χ1) is 18.4. The molecule has 9 nitrogen and oxygen atoms in total. The highest BCUT2D eigenvalue weighted by Gasteiger charge is 2.42. The number of likely N-dealkylation sites (tertiary alicyclic amines) is 1. The van der Waals surface area contributed by atoms with Crippen LogP contribution in [0.4, 0.5) is 4.79 Å². The third-order valence-electron chi connectivity index (χ3n) is 7.55. The van der Waals surface area contributed by atoms with Crippen molar-refractivity contribution in [1.29, 1.82) is 5.26 Å². The van der Waals surface area contributed by atoms with Crippen LogP contribution in [-0.4, -0.2) is 98.0 Å². The molecule has 2 fully saturated rings. The largest absolute Gasteiger partial charge is 0.336 e. The van der Waals surface area contributed by atoms with E-state index in [4.69, 9.17) is 23.2 Å². The summed E-state index contributed by atoms with van der Waals surface area (Å²) in [6.07, 6.45) is 1.17. The summed E-state index contributed by atoms with van der Waals surface area (Å²) in [6, 6.07) is 14.0. The van der Waals surface area contributed by atoms with Crippen LogP contribution < -0.4 is 0 Å². The Balaban J connectivity index is 1.58. The molecule has 0 N–H and O–H groups in total. The van der Waals surface area contributed by atoms with Gasteiger partial charge in [0.05, 0.1) is 34.3 Å². The van der Waals surface area contributed by atoms with Gasteiger partial charge in [-0.1, -0.05) is 41.4 Å². The highest BCUT2D eigenvalue weighted by molar-refractivity contribution is 7.88. The maximum Gasteiger partial charge on any atom is 0.320 e. The summed E-state index contributed by atoms with van der Waals surface area (Å²) >= 11 is 12.5. The van der Waals surface area contributed by atoms with Gasteiger partial charge in [0.15, 0.2) is 0 Å². The van der Waals surface area contributed by atoms with E-state index in [0.717, 1.165) is 11.1 Å². The van der Waals surface area contributed by atoms with Gasteiger partial charge in [-0.25, -0.2) is 13.2 Å². The van der Waals surface area contributed by atoms with Gasteiger partial charge in [-0.05, 0) is 42.3 Å². The predicted octanol–water partition coefficient (Wildman–Crippen LogP) is 3.86. The Morgan fingerprint density at radius 1 is 1.03 bits per heavy atom. The second-order valence-electron chi connectivity index (χ2n) is 10.1. The number of nitrogens with zero attached hydrogens (tertiary/aromatic N) is 5. The molecule has 2 saturated heterocycles. The summed E-state index contributed by atoms with van der Waals surface area (Å²) < 4.78 is 25.1. The molecule has 2 aliphatic heterocycles. The van der Waals surface area contributed by atoms with Gasteiger partial charge in [0.2, 0.25) is 10.0 Å². The number of halogens is 2. The van der Waals surface area contributed by atoms with Crippen LogP contribution in [0.2, 0.25) is 10.0 Å². The zero-order valence-corrected chi connectivity index (χ0v) is 24.4. The number of urea groups is 1. The standard InChI is InChI=1S/C27H31Cl2N5O4S/c1-18(15-30)19-5-4-6-21(13-19)26(35)31(2)25-17-33(16-22(25)20-7-8-23(28)24(29)14-20)27(36)32-9-11-34(12-10-32)39(3,37)38/h4-8,13-14,18,22,25H,9-12,16-17H2,1-3H3/t18?,22?,25-/m1/s1. The number of carbonyl (C=O) groups is 2. The van der Waals surface area contributed by atoms with Crippen molar-refractivity contribution in [3.05, 3.63) is 69.2 Å². The molecule has 208 valence electrons. The summed E-state index contributed by atoms with van der Waals surface area (Å²) in [5.74, 6) is -0.793. The lowest BCUT2D eigenvalue weighted by atomic mass is 9.93. The number of rotatable bonds is 5. The summed E-state index contributed by atoms with van der Waals surface area (Å²) in [4.78, 5) is 32.2. The highest BCUT2D eigenvalue weighted by atomic mass is 35.5. The molecular formula is C27H31Cl2N5O4S. The molecular weight excluding hydrogens is 561 g/mol. The highest BCUT2D eigenvalue weighted by Crippen LogP contribution is 2.35. The van der Waals surface area contributed by atoms with Gasteiger partial charge in [-0.15, -0.1) is 0 Å². The second kappa shape index (κ2) is 11.7. The zero-order valence-electron chi connectivity index (χ0n) is 22.0. The Kier molecular flexibility index (Phi) is 8.76. The topological polar surface area (TPSA) is 105 Å². The average Bonchev–Trinajstić information content (AvgIpc) is 3.38. The van der Waals surface area contributed by atoms with E-state index in [-0.39, 0.29) is 42.9 Å². The minimum Gasteiger partial charge on any atom is -0.336 e. The van der Waals surface area contributed by atoms with Crippen LogP contribution in [-0.2, 0) is 10.0 Å². The third kappa shape index (κ3) is 6.33. The number of piperazine rings is 1. The number of carbonyl (C=O) groups excluding carboxylic acids is 2. The Morgan fingerprint density at radius 3 is 2.33 bits per heavy atom. The van der Waals surface area contributed by atoms with Crippen molar-refractivity contribution >= 4 is 45.2 Å². The van der Waals surface area contributed by atoms with Crippen LogP contribution in [0, 0.1) is 11.3 Å². The van der Waals surface area contributed by atoms with Crippen LogP contribution in [0.1, 0.15) is 40.2 Å². The van der Waals surface area contributed by atoms with E-state index < -0.39 is 10.0 Å². The Hall–Kier alpha value is -2.84. The smallest absolute Gasteiger partial charge is 0.320 e. The first-order valence-electron chi connectivity index (χ1n) is 12.6. The molecule has 0 saturated carbocycles. The molecule has 2 aromatic rings. The number of likely N-dealkylation sites (N-methyl/N-ethyl adjacent to an activating group) is 1. The van der Waals surface area contributed by atoms with E-state index in [1.165, 1.54) is 10.6 Å². The van der Waals surface area contributed by atoms with Crippen molar-refractivity contribution in [2.24, 2.45) is 0 Å². The fourth-order valence-electron chi connectivity index (χ4n) is 5.19. The van der Waals surface area contributed by atoms with E-state index in [9.17, 15) is 23.3 Å². The molecule has 0 aliphatic carbocycles. The van der Waals surface area contributed by atoms with Crippen molar-refractivity contribution in [2.45, 2.75) is 24.8 Å². The number of sulfonamides is 1. The summed E-state index contributed by atoms with van der Waals surface area (Å²) in [5.41, 5.74) is 2.08. The quantitative estimate of drug-likeness (QED) is 0.525. The molecule has 0 aromatic heterocycles. The number of benzene rings is 2. The van der Waals surface area contributed by atoms with E-state index in [1.54, 1.807) is 59.0 Å². The maximum atomic E-state index is 13.6. The van der Waals surface area contributed by atoms with Gasteiger partial charge < -0.3 is 14.7 Å². The molecule has 0 bridgehead atoms.